The number of aryl methyl sites for hydroxylation is 1. The molecule has 11 heteroatoms. The van der Waals surface area contributed by atoms with Gasteiger partial charge >= 0.3 is 0 Å². The summed E-state index contributed by atoms with van der Waals surface area (Å²) in [4.78, 5) is 12.5. The van der Waals surface area contributed by atoms with E-state index in [4.69, 9.17) is 15.2 Å². The van der Waals surface area contributed by atoms with Crippen LogP contribution in [0.5, 0.6) is 0 Å². The molecule has 1 atom stereocenters. The van der Waals surface area contributed by atoms with Crippen LogP contribution in [0.4, 0.5) is 9.39 Å². The van der Waals surface area contributed by atoms with Crippen molar-refractivity contribution >= 4 is 27.4 Å². The second-order valence-corrected chi connectivity index (χ2v) is 10.8. The number of nitrogens with two attached hydrogens (primary N) is 1. The third-order valence-electron chi connectivity index (χ3n) is 7.10. The maximum absolute atomic E-state index is 14.7. The van der Waals surface area contributed by atoms with Gasteiger partial charge in [-0.25, -0.2) is 14.6 Å². The molecule has 0 amide bonds. The smallest absolute Gasteiger partial charge is 0.243 e. The van der Waals surface area contributed by atoms with Crippen LogP contribution < -0.4 is 5.73 Å². The lowest BCUT2D eigenvalue weighted by Gasteiger charge is -2.19. The van der Waals surface area contributed by atoms with Crippen molar-refractivity contribution in [1.82, 2.24) is 29.8 Å². The Labute approximate surface area is 219 Å². The first kappa shape index (κ1) is 25.3. The van der Waals surface area contributed by atoms with Gasteiger partial charge in [-0.1, -0.05) is 31.8 Å². The second kappa shape index (κ2) is 10.6. The Balaban J connectivity index is 1.62. The Morgan fingerprint density at radius 3 is 2.84 bits per heavy atom. The van der Waals surface area contributed by atoms with Gasteiger partial charge in [0.05, 0.1) is 23.1 Å². The van der Waals surface area contributed by atoms with Gasteiger partial charge in [-0.3, -0.25) is 0 Å². The highest BCUT2D eigenvalue weighted by Gasteiger charge is 2.29. The summed E-state index contributed by atoms with van der Waals surface area (Å²) < 4.78 is 22.2. The Kier molecular flexibility index (Phi) is 7.22. The summed E-state index contributed by atoms with van der Waals surface area (Å²) in [7, 11) is 2.08. The molecule has 5 heterocycles. The Hall–Kier alpha value is -3.36. The summed E-state index contributed by atoms with van der Waals surface area (Å²) >= 11 is 1.42. The number of likely N-dealkylation sites (N-methyl/N-ethyl adjacent to an activating group) is 1. The van der Waals surface area contributed by atoms with Crippen LogP contribution in [0.3, 0.4) is 0 Å². The van der Waals surface area contributed by atoms with Crippen molar-refractivity contribution in [1.29, 1.82) is 5.26 Å². The van der Waals surface area contributed by atoms with Gasteiger partial charge in [0, 0.05) is 22.7 Å². The molecule has 1 aliphatic rings. The maximum Gasteiger partial charge on any atom is 0.243 e. The van der Waals surface area contributed by atoms with Gasteiger partial charge in [-0.15, -0.1) is 16.4 Å². The van der Waals surface area contributed by atoms with E-state index in [1.54, 1.807) is 4.68 Å². The molecule has 9 nitrogen and oxygen atoms in total. The summed E-state index contributed by atoms with van der Waals surface area (Å²) in [5, 5.41) is 19.1. The fourth-order valence-corrected chi connectivity index (χ4v) is 6.21. The SMILES string of the molecule is CCCCc1c(-c2ncc3c(F)nn(CC4CCCN4C)c3n2)noc1-c1c(CCC)sc(N)c1C#N. The lowest BCUT2D eigenvalue weighted by atomic mass is 9.98. The third kappa shape index (κ3) is 4.60. The highest BCUT2D eigenvalue weighted by molar-refractivity contribution is 7.16. The number of hydrogen-bond donors (Lipinski definition) is 1. The van der Waals surface area contributed by atoms with Gasteiger partial charge in [0.15, 0.2) is 22.9 Å². The molecule has 0 aliphatic carbocycles. The zero-order chi connectivity index (χ0) is 26.1. The highest BCUT2D eigenvalue weighted by atomic mass is 32.1. The van der Waals surface area contributed by atoms with Crippen molar-refractivity contribution < 1.29 is 8.91 Å². The molecule has 0 bridgehead atoms. The molecule has 1 saturated heterocycles. The number of hydrogen-bond acceptors (Lipinski definition) is 9. The first-order chi connectivity index (χ1) is 18.0. The number of halogens is 1. The number of thiophene rings is 1. The fourth-order valence-electron chi connectivity index (χ4n) is 5.09. The summed E-state index contributed by atoms with van der Waals surface area (Å²) in [6.45, 7) is 5.78. The molecule has 4 aromatic heterocycles. The molecule has 37 heavy (non-hydrogen) atoms. The molecule has 0 radical (unpaired) electrons. The van der Waals surface area contributed by atoms with E-state index >= 15 is 0 Å². The quantitative estimate of drug-likeness (QED) is 0.318. The Bertz CT molecular complexity index is 1470. The monoisotopic (exact) mass is 522 g/mol. The van der Waals surface area contributed by atoms with Crippen LogP contribution in [0.2, 0.25) is 0 Å². The number of nitrogen functional groups attached to an aromatic ring is 1. The molecule has 1 fully saturated rings. The fraction of sp³-hybridized carbons (Fsp3) is 0.500. The number of nitriles is 1. The first-order valence-electron chi connectivity index (χ1n) is 12.9. The number of fused-ring (bicyclic) bond motifs is 1. The van der Waals surface area contributed by atoms with Crippen LogP contribution in [-0.4, -0.2) is 49.4 Å². The summed E-state index contributed by atoms with van der Waals surface area (Å²) in [5.41, 5.74) is 9.14. The predicted molar refractivity (Wildman–Crippen MR) is 141 cm³/mol. The van der Waals surface area contributed by atoms with Crippen LogP contribution in [0.15, 0.2) is 10.7 Å². The minimum Gasteiger partial charge on any atom is -0.389 e. The summed E-state index contributed by atoms with van der Waals surface area (Å²) in [6.07, 6.45) is 7.86. The molecule has 0 saturated carbocycles. The molecular weight excluding hydrogens is 491 g/mol. The summed E-state index contributed by atoms with van der Waals surface area (Å²) in [6, 6.07) is 2.54. The standard InChI is InChI=1S/C26H31FN8OS/c1-4-6-10-16-21(33-36-22(16)20-17(12-28)24(29)37-19(20)8-5-2)25-30-13-18-23(27)32-35(26(18)31-25)14-15-9-7-11-34(15)3/h13,15H,4-11,14,29H2,1-3H3. The third-order valence-corrected chi connectivity index (χ3v) is 8.18. The zero-order valence-electron chi connectivity index (χ0n) is 21.4. The van der Waals surface area contributed by atoms with Crippen molar-refractivity contribution in [3.8, 4) is 28.9 Å². The van der Waals surface area contributed by atoms with Crippen LogP contribution in [0.25, 0.3) is 33.9 Å². The van der Waals surface area contributed by atoms with E-state index in [-0.39, 0.29) is 11.4 Å². The minimum atomic E-state index is -0.578. The molecule has 194 valence electrons. The number of anilines is 1. The van der Waals surface area contributed by atoms with Crippen LogP contribution in [0, 0.1) is 17.3 Å². The van der Waals surface area contributed by atoms with Crippen molar-refractivity contribution in [2.24, 2.45) is 0 Å². The second-order valence-electron chi connectivity index (χ2n) is 9.62. The van der Waals surface area contributed by atoms with Gasteiger partial charge in [0.2, 0.25) is 5.95 Å². The molecule has 0 spiro atoms. The van der Waals surface area contributed by atoms with E-state index in [0.29, 0.717) is 46.5 Å². The maximum atomic E-state index is 14.7. The van der Waals surface area contributed by atoms with Gasteiger partial charge in [0.1, 0.15) is 11.1 Å². The molecule has 5 rings (SSSR count). The van der Waals surface area contributed by atoms with Crippen LogP contribution in [0.1, 0.15) is 62.0 Å². The average molecular weight is 523 g/mol. The largest absolute Gasteiger partial charge is 0.389 e. The van der Waals surface area contributed by atoms with Gasteiger partial charge < -0.3 is 15.2 Å². The molecular formula is C26H31FN8OS. The van der Waals surface area contributed by atoms with E-state index < -0.39 is 5.95 Å². The van der Waals surface area contributed by atoms with Crippen molar-refractivity contribution in [2.45, 2.75) is 71.4 Å². The molecule has 4 aromatic rings. The highest BCUT2D eigenvalue weighted by Crippen LogP contribution is 2.43. The normalized spacial score (nSPS) is 16.1. The molecule has 1 unspecified atom stereocenters. The van der Waals surface area contributed by atoms with E-state index in [2.05, 4.69) is 47.1 Å². The number of aromatic nitrogens is 5. The predicted octanol–water partition coefficient (Wildman–Crippen LogP) is 5.19. The van der Waals surface area contributed by atoms with E-state index in [1.807, 2.05) is 0 Å². The number of likely N-dealkylation sites (tertiary alicyclic amines) is 1. The minimum absolute atomic E-state index is 0.283. The van der Waals surface area contributed by atoms with Crippen molar-refractivity contribution in [3.05, 3.63) is 28.1 Å². The van der Waals surface area contributed by atoms with E-state index in [1.165, 1.54) is 17.5 Å². The van der Waals surface area contributed by atoms with Crippen LogP contribution >= 0.6 is 11.3 Å². The number of unbranched alkanes of at least 4 members (excludes halogenated alkanes) is 1. The van der Waals surface area contributed by atoms with Gasteiger partial charge in [-0.2, -0.15) is 9.65 Å². The molecule has 1 aliphatic heterocycles. The zero-order valence-corrected chi connectivity index (χ0v) is 22.2. The van der Waals surface area contributed by atoms with Crippen molar-refractivity contribution in [2.75, 3.05) is 19.3 Å². The number of rotatable bonds is 9. The Morgan fingerprint density at radius 1 is 1.30 bits per heavy atom. The summed E-state index contributed by atoms with van der Waals surface area (Å²) in [5.74, 6) is 0.325. The van der Waals surface area contributed by atoms with Crippen molar-refractivity contribution in [3.63, 3.8) is 0 Å². The topological polar surface area (TPSA) is 123 Å². The molecule has 0 aromatic carbocycles. The first-order valence-corrected chi connectivity index (χ1v) is 13.7. The average Bonchev–Trinajstić information content (AvgIpc) is 3.64. The van der Waals surface area contributed by atoms with Crippen LogP contribution in [-0.2, 0) is 19.4 Å². The van der Waals surface area contributed by atoms with E-state index in [0.717, 1.165) is 61.1 Å². The lowest BCUT2D eigenvalue weighted by Crippen LogP contribution is -2.29. The van der Waals surface area contributed by atoms with E-state index in [9.17, 15) is 9.65 Å². The molecule has 2 N–H and O–H groups in total. The Morgan fingerprint density at radius 2 is 2.14 bits per heavy atom. The van der Waals surface area contributed by atoms with Gasteiger partial charge in [-0.05, 0) is 45.7 Å². The lowest BCUT2D eigenvalue weighted by molar-refractivity contribution is 0.274. The number of nitrogens with zero attached hydrogens (tertiary/aromatic N) is 7. The van der Waals surface area contributed by atoms with Gasteiger partial charge in [0.25, 0.3) is 0 Å².